The molecule has 0 radical (unpaired) electrons. The second kappa shape index (κ2) is 4.63. The maximum absolute atomic E-state index is 12.7. The second-order valence-electron chi connectivity index (χ2n) is 2.25. The van der Waals surface area contributed by atoms with E-state index >= 15 is 0 Å². The molecule has 0 spiro atoms. The van der Waals surface area contributed by atoms with Crippen LogP contribution in [0.1, 0.15) is 0 Å². The molecule has 0 aromatic carbocycles. The Hall–Kier alpha value is -0.790. The molecule has 0 saturated heterocycles. The van der Waals surface area contributed by atoms with Crippen molar-refractivity contribution in [3.63, 3.8) is 0 Å². The minimum atomic E-state index is -2.86. The van der Waals surface area contributed by atoms with E-state index in [1.54, 1.807) is 0 Å². The summed E-state index contributed by atoms with van der Waals surface area (Å²) in [5.74, 6) is -3.88. The quantitative estimate of drug-likeness (QED) is 0.586. The average Bonchev–Trinajstić information content (AvgIpc) is 2.34. The van der Waals surface area contributed by atoms with Crippen molar-refractivity contribution in [2.45, 2.75) is 23.8 Å². The minimum Gasteiger partial charge on any atom is -0.250 e. The van der Waals surface area contributed by atoms with Crippen LogP contribution in [0.3, 0.4) is 0 Å². The van der Waals surface area contributed by atoms with Crippen LogP contribution in [0, 0.1) is 5.82 Å². The van der Waals surface area contributed by atoms with Gasteiger partial charge in [0.2, 0.25) is 0 Å². The molecule has 1 aromatic heterocycles. The Bertz CT molecular complexity index is 300. The normalized spacial score (nSPS) is 11.6. The molecular formula is C6H5F5N2S. The first-order chi connectivity index (χ1) is 6.50. The fraction of sp³-hybridized carbons (Fsp3) is 0.500. The van der Waals surface area contributed by atoms with E-state index in [1.807, 2.05) is 0 Å². The SMILES string of the molecule is Fc1cnn(CC(F)F)c1SC(F)F. The number of halogens is 5. The van der Waals surface area contributed by atoms with Crippen LogP contribution in [0.15, 0.2) is 11.2 Å². The van der Waals surface area contributed by atoms with Gasteiger partial charge in [0, 0.05) is 0 Å². The zero-order valence-corrected chi connectivity index (χ0v) is 7.45. The van der Waals surface area contributed by atoms with Gasteiger partial charge in [-0.25, -0.2) is 17.9 Å². The van der Waals surface area contributed by atoms with Crippen molar-refractivity contribution in [2.24, 2.45) is 0 Å². The number of rotatable bonds is 4. The predicted octanol–water partition coefficient (Wildman–Crippen LogP) is 2.60. The van der Waals surface area contributed by atoms with Crippen molar-refractivity contribution < 1.29 is 22.0 Å². The number of thioether (sulfide) groups is 1. The van der Waals surface area contributed by atoms with Crippen LogP contribution in [-0.2, 0) is 6.54 Å². The summed E-state index contributed by atoms with van der Waals surface area (Å²) in [6.45, 7) is -0.890. The van der Waals surface area contributed by atoms with Gasteiger partial charge in [-0.15, -0.1) is 0 Å². The molecule has 0 atom stereocenters. The standard InChI is InChI=1S/C6H5F5N2S/c7-3-1-12-13(2-4(8)9)5(3)14-6(10)11/h1,4,6H,2H2. The molecule has 0 bridgehead atoms. The molecule has 80 valence electrons. The number of alkyl halides is 4. The molecule has 0 fully saturated rings. The van der Waals surface area contributed by atoms with Crippen LogP contribution >= 0.6 is 11.8 Å². The molecule has 2 nitrogen and oxygen atoms in total. The van der Waals surface area contributed by atoms with E-state index < -0.39 is 29.6 Å². The lowest BCUT2D eigenvalue weighted by molar-refractivity contribution is 0.117. The van der Waals surface area contributed by atoms with Crippen LogP contribution in [-0.4, -0.2) is 22.0 Å². The molecule has 14 heavy (non-hydrogen) atoms. The topological polar surface area (TPSA) is 17.8 Å². The summed E-state index contributed by atoms with van der Waals surface area (Å²) in [4.78, 5) is 0. The molecule has 0 aliphatic carbocycles. The van der Waals surface area contributed by atoms with Gasteiger partial charge >= 0.3 is 0 Å². The Morgan fingerprint density at radius 1 is 1.36 bits per heavy atom. The monoisotopic (exact) mass is 232 g/mol. The highest BCUT2D eigenvalue weighted by Gasteiger charge is 2.18. The van der Waals surface area contributed by atoms with Gasteiger partial charge in [0.15, 0.2) is 5.82 Å². The fourth-order valence-corrected chi connectivity index (χ4v) is 1.39. The maximum atomic E-state index is 12.7. The molecule has 0 saturated carbocycles. The highest BCUT2D eigenvalue weighted by Crippen LogP contribution is 2.27. The Morgan fingerprint density at radius 3 is 2.50 bits per heavy atom. The third-order valence-electron chi connectivity index (χ3n) is 1.26. The van der Waals surface area contributed by atoms with Gasteiger partial charge in [0.05, 0.1) is 6.20 Å². The van der Waals surface area contributed by atoms with E-state index in [2.05, 4.69) is 5.10 Å². The number of aromatic nitrogens is 2. The Morgan fingerprint density at radius 2 is 2.00 bits per heavy atom. The van der Waals surface area contributed by atoms with E-state index in [-0.39, 0.29) is 11.8 Å². The lowest BCUT2D eigenvalue weighted by atomic mass is 10.6. The van der Waals surface area contributed by atoms with Crippen molar-refractivity contribution in [1.29, 1.82) is 0 Å². The summed E-state index contributed by atoms with van der Waals surface area (Å²) < 4.78 is 60.7. The molecule has 8 heteroatoms. The number of hydrogen-bond acceptors (Lipinski definition) is 2. The van der Waals surface area contributed by atoms with Crippen LogP contribution in [0.4, 0.5) is 22.0 Å². The zero-order valence-electron chi connectivity index (χ0n) is 6.63. The molecule has 1 aromatic rings. The van der Waals surface area contributed by atoms with Crippen LogP contribution in [0.2, 0.25) is 0 Å². The third kappa shape index (κ3) is 2.86. The van der Waals surface area contributed by atoms with Gasteiger partial charge < -0.3 is 0 Å². The van der Waals surface area contributed by atoms with Gasteiger partial charge in [-0.05, 0) is 11.8 Å². The van der Waals surface area contributed by atoms with E-state index in [4.69, 9.17) is 0 Å². The summed E-state index contributed by atoms with van der Waals surface area (Å²) in [6.07, 6.45) is -2.13. The maximum Gasteiger partial charge on any atom is 0.290 e. The van der Waals surface area contributed by atoms with Crippen molar-refractivity contribution in [1.82, 2.24) is 9.78 Å². The van der Waals surface area contributed by atoms with Gasteiger partial charge in [0.1, 0.15) is 11.6 Å². The predicted molar refractivity (Wildman–Crippen MR) is 40.1 cm³/mol. The van der Waals surface area contributed by atoms with Crippen molar-refractivity contribution in [2.75, 3.05) is 0 Å². The van der Waals surface area contributed by atoms with Crippen LogP contribution < -0.4 is 0 Å². The lowest BCUT2D eigenvalue weighted by Gasteiger charge is -2.05. The largest absolute Gasteiger partial charge is 0.290 e. The number of hydrogen-bond donors (Lipinski definition) is 0. The van der Waals surface area contributed by atoms with E-state index in [1.165, 1.54) is 0 Å². The summed E-state index contributed by atoms with van der Waals surface area (Å²) in [7, 11) is 0. The second-order valence-corrected chi connectivity index (χ2v) is 3.23. The first-order valence-electron chi connectivity index (χ1n) is 3.45. The van der Waals surface area contributed by atoms with Gasteiger partial charge in [-0.1, -0.05) is 0 Å². The summed E-state index contributed by atoms with van der Waals surface area (Å²) in [5, 5.41) is 2.65. The van der Waals surface area contributed by atoms with Crippen LogP contribution in [0.5, 0.6) is 0 Å². The summed E-state index contributed by atoms with van der Waals surface area (Å²) in [6, 6.07) is 0. The molecule has 0 aliphatic rings. The molecule has 1 rings (SSSR count). The minimum absolute atomic E-state index is 0.141. The van der Waals surface area contributed by atoms with Gasteiger partial charge in [-0.2, -0.15) is 13.9 Å². The number of nitrogens with zero attached hydrogens (tertiary/aromatic N) is 2. The van der Waals surface area contributed by atoms with Gasteiger partial charge in [-0.3, -0.25) is 0 Å². The Balaban J connectivity index is 2.82. The average molecular weight is 232 g/mol. The van der Waals surface area contributed by atoms with E-state index in [0.29, 0.717) is 10.9 Å². The summed E-state index contributed by atoms with van der Waals surface area (Å²) >= 11 is -0.141. The first kappa shape index (κ1) is 11.3. The van der Waals surface area contributed by atoms with Crippen molar-refractivity contribution >= 4 is 11.8 Å². The van der Waals surface area contributed by atoms with E-state index in [0.717, 1.165) is 0 Å². The summed E-state index contributed by atoms with van der Waals surface area (Å²) in [5.41, 5.74) is 0. The first-order valence-corrected chi connectivity index (χ1v) is 4.33. The molecular weight excluding hydrogens is 227 g/mol. The molecule has 0 unspecified atom stereocenters. The Labute approximate surface area is 80.1 Å². The van der Waals surface area contributed by atoms with Crippen molar-refractivity contribution in [3.05, 3.63) is 12.0 Å². The highest BCUT2D eigenvalue weighted by atomic mass is 32.2. The van der Waals surface area contributed by atoms with Crippen LogP contribution in [0.25, 0.3) is 0 Å². The smallest absolute Gasteiger partial charge is 0.250 e. The lowest BCUT2D eigenvalue weighted by Crippen LogP contribution is -2.09. The highest BCUT2D eigenvalue weighted by molar-refractivity contribution is 7.99. The zero-order chi connectivity index (χ0) is 10.7. The third-order valence-corrected chi connectivity index (χ3v) is 2.07. The molecule has 0 amide bonds. The van der Waals surface area contributed by atoms with E-state index in [9.17, 15) is 22.0 Å². The molecule has 1 heterocycles. The Kier molecular flexibility index (Phi) is 3.73. The molecule has 0 N–H and O–H groups in total. The van der Waals surface area contributed by atoms with Gasteiger partial charge in [0.25, 0.3) is 12.2 Å². The molecule has 0 aliphatic heterocycles. The van der Waals surface area contributed by atoms with Crippen molar-refractivity contribution in [3.8, 4) is 0 Å². The fourth-order valence-electron chi connectivity index (χ4n) is 0.814.